The van der Waals surface area contributed by atoms with Gasteiger partial charge in [-0.05, 0) is 10.4 Å². The molecule has 11 heteroatoms. The van der Waals surface area contributed by atoms with Gasteiger partial charge in [0.2, 0.25) is 5.95 Å². The predicted molar refractivity (Wildman–Crippen MR) is 75.6 cm³/mol. The molecule has 2 aromatic rings. The molecule has 22 heavy (non-hydrogen) atoms. The molecule has 0 spiro atoms. The molecule has 3 rings (SSSR count). The molecule has 0 fully saturated rings. The summed E-state index contributed by atoms with van der Waals surface area (Å²) in [5, 5.41) is 30.2. The van der Waals surface area contributed by atoms with Crippen LogP contribution in [-0.4, -0.2) is 26.0 Å². The molecule has 0 aliphatic carbocycles. The summed E-state index contributed by atoms with van der Waals surface area (Å²) in [6, 6.07) is 2.06. The van der Waals surface area contributed by atoms with Crippen molar-refractivity contribution in [3.05, 3.63) is 23.6 Å². The summed E-state index contributed by atoms with van der Waals surface area (Å²) in [4.78, 5) is 8.38. The Morgan fingerprint density at radius 3 is 2.91 bits per heavy atom. The van der Waals surface area contributed by atoms with Crippen molar-refractivity contribution in [3.63, 3.8) is 0 Å². The van der Waals surface area contributed by atoms with Crippen LogP contribution in [0.25, 0.3) is 11.3 Å². The lowest BCUT2D eigenvalue weighted by molar-refractivity contribution is 0.628. The average molecular weight is 317 g/mol. The molecular formula is C11H9ClN10. The first kappa shape index (κ1) is 14.0. The smallest absolute Gasteiger partial charge is 0.258 e. The first-order valence-electron chi connectivity index (χ1n) is 6.25. The highest BCUT2D eigenvalue weighted by atomic mass is 35.5. The van der Waals surface area contributed by atoms with E-state index < -0.39 is 6.29 Å². The van der Waals surface area contributed by atoms with Crippen LogP contribution in [-0.2, 0) is 6.54 Å². The zero-order valence-electron chi connectivity index (χ0n) is 11.1. The number of hydrogen-bond donors (Lipinski definition) is 1. The van der Waals surface area contributed by atoms with Gasteiger partial charge in [-0.15, -0.1) is 10.2 Å². The number of nitriles is 1. The number of anilines is 1. The van der Waals surface area contributed by atoms with E-state index in [1.807, 2.05) is 0 Å². The quantitative estimate of drug-likeness (QED) is 0.905. The maximum atomic E-state index is 8.59. The summed E-state index contributed by atoms with van der Waals surface area (Å²) >= 11 is 6.13. The molecule has 0 saturated carbocycles. The van der Waals surface area contributed by atoms with E-state index in [2.05, 4.69) is 47.1 Å². The Kier molecular flexibility index (Phi) is 3.97. The topological polar surface area (TPSA) is 129 Å². The van der Waals surface area contributed by atoms with Crippen LogP contribution in [0, 0.1) is 11.3 Å². The molecule has 1 aliphatic rings. The van der Waals surface area contributed by atoms with Crippen LogP contribution in [0.5, 0.6) is 0 Å². The van der Waals surface area contributed by atoms with Crippen molar-refractivity contribution in [2.45, 2.75) is 19.3 Å². The maximum absolute atomic E-state index is 8.59. The molecule has 0 atom stereocenters. The van der Waals surface area contributed by atoms with Crippen LogP contribution in [0.4, 0.5) is 5.95 Å². The third-order valence-electron chi connectivity index (χ3n) is 2.72. The minimum atomic E-state index is -0.632. The minimum Gasteiger partial charge on any atom is -0.311 e. The van der Waals surface area contributed by atoms with Crippen LogP contribution in [0.1, 0.15) is 6.42 Å². The second-order valence-corrected chi connectivity index (χ2v) is 4.63. The molecule has 3 heterocycles. The Hall–Kier alpha value is -2.93. The largest absolute Gasteiger partial charge is 0.311 e. The van der Waals surface area contributed by atoms with E-state index in [0.717, 1.165) is 5.56 Å². The summed E-state index contributed by atoms with van der Waals surface area (Å²) in [6.07, 6.45) is 4.62. The Morgan fingerprint density at radius 1 is 1.32 bits per heavy atom. The summed E-state index contributed by atoms with van der Waals surface area (Å²) in [5.41, 5.74) is 1.25. The van der Waals surface area contributed by atoms with Crippen molar-refractivity contribution < 1.29 is 0 Å². The van der Waals surface area contributed by atoms with Crippen molar-refractivity contribution in [1.82, 2.24) is 19.7 Å². The van der Waals surface area contributed by atoms with Crippen molar-refractivity contribution >= 4 is 17.5 Å². The first-order valence-corrected chi connectivity index (χ1v) is 6.63. The number of nitrogens with zero attached hydrogens (tertiary/aromatic N) is 9. The van der Waals surface area contributed by atoms with E-state index in [1.165, 1.54) is 6.20 Å². The van der Waals surface area contributed by atoms with Crippen LogP contribution >= 0.6 is 11.6 Å². The maximum Gasteiger partial charge on any atom is 0.258 e. The molecule has 2 aromatic heterocycles. The van der Waals surface area contributed by atoms with Crippen LogP contribution in [0.3, 0.4) is 0 Å². The Labute approximate surface area is 129 Å². The average Bonchev–Trinajstić information content (AvgIpc) is 3.19. The van der Waals surface area contributed by atoms with Crippen LogP contribution < -0.4 is 5.32 Å². The summed E-state index contributed by atoms with van der Waals surface area (Å²) < 4.78 is 1.66. The Balaban J connectivity index is 1.83. The number of hydrogen-bond acceptors (Lipinski definition) is 9. The first-order chi connectivity index (χ1) is 10.8. The molecule has 110 valence electrons. The van der Waals surface area contributed by atoms with Gasteiger partial charge in [-0.3, -0.25) is 4.68 Å². The Morgan fingerprint density at radius 2 is 2.14 bits per heavy atom. The summed E-state index contributed by atoms with van der Waals surface area (Å²) in [7, 11) is 0. The van der Waals surface area contributed by atoms with Gasteiger partial charge in [0.25, 0.3) is 6.29 Å². The van der Waals surface area contributed by atoms with Crippen molar-refractivity contribution in [3.8, 4) is 17.3 Å². The molecule has 0 unspecified atom stereocenters. The van der Waals surface area contributed by atoms with Gasteiger partial charge in [0, 0.05) is 11.8 Å². The molecule has 1 aliphatic heterocycles. The summed E-state index contributed by atoms with van der Waals surface area (Å²) in [6.45, 7) is 0.507. The number of halogens is 1. The van der Waals surface area contributed by atoms with Crippen LogP contribution in [0.2, 0.25) is 5.02 Å². The molecular weight excluding hydrogens is 308 g/mol. The van der Waals surface area contributed by atoms with Crippen molar-refractivity contribution in [2.75, 3.05) is 5.32 Å². The van der Waals surface area contributed by atoms with Gasteiger partial charge >= 0.3 is 0 Å². The highest BCUT2D eigenvalue weighted by Gasteiger charge is 2.14. The minimum absolute atomic E-state index is 0.300. The lowest BCUT2D eigenvalue weighted by atomic mass is 10.2. The van der Waals surface area contributed by atoms with Crippen molar-refractivity contribution in [1.29, 1.82) is 5.26 Å². The predicted octanol–water partition coefficient (Wildman–Crippen LogP) is 2.44. The number of rotatable bonds is 5. The summed E-state index contributed by atoms with van der Waals surface area (Å²) in [5.74, 6) is 0.300. The molecule has 0 radical (unpaired) electrons. The van der Waals surface area contributed by atoms with E-state index in [-0.39, 0.29) is 0 Å². The third kappa shape index (κ3) is 3.04. The third-order valence-corrected chi connectivity index (χ3v) is 3.00. The molecule has 0 amide bonds. The highest BCUT2D eigenvalue weighted by Crippen LogP contribution is 2.26. The van der Waals surface area contributed by atoms with Crippen molar-refractivity contribution in [2.24, 2.45) is 20.7 Å². The highest BCUT2D eigenvalue weighted by molar-refractivity contribution is 6.32. The molecule has 10 nitrogen and oxygen atoms in total. The lowest BCUT2D eigenvalue weighted by Gasteiger charge is -2.07. The number of aromatic nitrogens is 4. The van der Waals surface area contributed by atoms with Crippen LogP contribution in [0.15, 0.2) is 39.3 Å². The fourth-order valence-corrected chi connectivity index (χ4v) is 1.95. The monoisotopic (exact) mass is 316 g/mol. The molecule has 1 N–H and O–H groups in total. The van der Waals surface area contributed by atoms with E-state index in [4.69, 9.17) is 16.9 Å². The fraction of sp³-hybridized carbons (Fsp3) is 0.273. The van der Waals surface area contributed by atoms with E-state index in [9.17, 15) is 0 Å². The van der Waals surface area contributed by atoms with Gasteiger partial charge in [0.1, 0.15) is 0 Å². The zero-order valence-corrected chi connectivity index (χ0v) is 11.9. The van der Waals surface area contributed by atoms with E-state index in [0.29, 0.717) is 29.6 Å². The second-order valence-electron chi connectivity index (χ2n) is 4.22. The van der Waals surface area contributed by atoms with Gasteiger partial charge in [0.05, 0.1) is 42.1 Å². The van der Waals surface area contributed by atoms with E-state index in [1.54, 1.807) is 17.1 Å². The van der Waals surface area contributed by atoms with Gasteiger partial charge in [-0.2, -0.15) is 10.4 Å². The van der Waals surface area contributed by atoms with Gasteiger partial charge in [-0.1, -0.05) is 11.6 Å². The zero-order chi connectivity index (χ0) is 15.4. The second kappa shape index (κ2) is 6.23. The van der Waals surface area contributed by atoms with Gasteiger partial charge in [0.15, 0.2) is 0 Å². The molecule has 0 bridgehead atoms. The SMILES string of the molecule is N#CCCn1cc(-c2nc(NC3N=NN=N3)ncc2Cl)cn1. The standard InChI is InChI=1S/C11H9ClN10/c12-8-5-14-10(17-11-18-20-21-19-11)16-9(8)7-4-15-22(6-7)3-1-2-13/h4-6,11H,1,3H2,(H,14,16,17). The number of aryl methyl sites for hydroxylation is 1. The molecule has 0 aromatic carbocycles. The Bertz CT molecular complexity index is 761. The fourth-order valence-electron chi connectivity index (χ4n) is 1.75. The normalized spacial score (nSPS) is 13.5. The lowest BCUT2D eigenvalue weighted by Crippen LogP contribution is -2.14. The molecule has 0 saturated heterocycles. The van der Waals surface area contributed by atoms with Gasteiger partial charge in [-0.25, -0.2) is 9.97 Å². The number of nitrogens with one attached hydrogen (secondary N) is 1. The van der Waals surface area contributed by atoms with E-state index >= 15 is 0 Å². The van der Waals surface area contributed by atoms with Gasteiger partial charge < -0.3 is 5.32 Å².